The van der Waals surface area contributed by atoms with Crippen molar-refractivity contribution in [2.45, 2.75) is 26.3 Å². The van der Waals surface area contributed by atoms with Crippen LogP contribution in [0.15, 0.2) is 18.3 Å². The summed E-state index contributed by atoms with van der Waals surface area (Å²) in [5.74, 6) is 0.278. The van der Waals surface area contributed by atoms with Crippen molar-refractivity contribution in [2.24, 2.45) is 5.92 Å². The van der Waals surface area contributed by atoms with Gasteiger partial charge in [0.2, 0.25) is 5.91 Å². The van der Waals surface area contributed by atoms with Gasteiger partial charge in [-0.2, -0.15) is 0 Å². The van der Waals surface area contributed by atoms with Crippen LogP contribution in [0.5, 0.6) is 0 Å². The van der Waals surface area contributed by atoms with Crippen molar-refractivity contribution in [3.05, 3.63) is 29.6 Å². The van der Waals surface area contributed by atoms with Crippen molar-refractivity contribution < 1.29 is 4.79 Å². The maximum absolute atomic E-state index is 11.9. The van der Waals surface area contributed by atoms with Crippen LogP contribution in [0.1, 0.15) is 24.1 Å². The number of carbonyl (C=O) groups excluding carboxylic acids is 1. The summed E-state index contributed by atoms with van der Waals surface area (Å²) in [4.78, 5) is 16.1. The molecule has 0 aliphatic carbocycles. The van der Waals surface area contributed by atoms with Crippen LogP contribution in [0.25, 0.3) is 0 Å². The lowest BCUT2D eigenvalue weighted by Crippen LogP contribution is -2.40. The molecule has 0 saturated carbocycles. The molecule has 0 aromatic carbocycles. The number of aromatic nitrogens is 1. The quantitative estimate of drug-likeness (QED) is 0.896. The number of halogens is 2. The maximum Gasteiger partial charge on any atom is 0.224 e. The number of hydrogen-bond donors (Lipinski definition) is 2. The lowest BCUT2D eigenvalue weighted by atomic mass is 9.99. The van der Waals surface area contributed by atoms with Crippen LogP contribution in [-0.2, 0) is 11.3 Å². The average molecular weight is 306 g/mol. The molecule has 1 amide bonds. The molecule has 108 valence electrons. The molecule has 2 N–H and O–H groups in total. The third-order valence-corrected chi connectivity index (χ3v) is 3.11. The molecule has 1 aliphatic rings. The topological polar surface area (TPSA) is 54.0 Å². The normalized spacial score (nSPS) is 17.8. The molecule has 1 saturated heterocycles. The molecule has 0 spiro atoms. The zero-order chi connectivity index (χ0) is 12.1. The molecule has 1 aromatic heterocycles. The Hall–Kier alpha value is -0.840. The fraction of sp³-hybridized carbons (Fsp3) is 0.538. The van der Waals surface area contributed by atoms with E-state index in [1.807, 2.05) is 25.3 Å². The van der Waals surface area contributed by atoms with Gasteiger partial charge in [-0.05, 0) is 37.9 Å². The predicted octanol–water partition coefficient (Wildman–Crippen LogP) is 1.85. The lowest BCUT2D eigenvalue weighted by molar-refractivity contribution is -0.125. The lowest BCUT2D eigenvalue weighted by Gasteiger charge is -2.21. The summed E-state index contributed by atoms with van der Waals surface area (Å²) in [5, 5.41) is 6.22. The first-order valence-corrected chi connectivity index (χ1v) is 6.15. The minimum atomic E-state index is 0. The van der Waals surface area contributed by atoms with Gasteiger partial charge in [-0.25, -0.2) is 0 Å². The van der Waals surface area contributed by atoms with Crippen molar-refractivity contribution in [3.8, 4) is 0 Å². The number of aryl methyl sites for hydroxylation is 1. The Morgan fingerprint density at radius 3 is 2.84 bits per heavy atom. The first-order valence-electron chi connectivity index (χ1n) is 6.15. The van der Waals surface area contributed by atoms with E-state index in [1.54, 1.807) is 0 Å². The highest BCUT2D eigenvalue weighted by molar-refractivity contribution is 5.85. The number of piperidine rings is 1. The highest BCUT2D eigenvalue weighted by atomic mass is 35.5. The molecule has 0 unspecified atom stereocenters. The summed E-state index contributed by atoms with van der Waals surface area (Å²) in [6.45, 7) is 4.36. The van der Waals surface area contributed by atoms with Crippen molar-refractivity contribution in [2.75, 3.05) is 13.1 Å². The number of rotatable bonds is 3. The van der Waals surface area contributed by atoms with E-state index in [-0.39, 0.29) is 36.6 Å². The summed E-state index contributed by atoms with van der Waals surface area (Å²) in [7, 11) is 0. The third kappa shape index (κ3) is 5.76. The van der Waals surface area contributed by atoms with Crippen LogP contribution >= 0.6 is 24.8 Å². The number of pyridine rings is 1. The van der Waals surface area contributed by atoms with Gasteiger partial charge in [0.15, 0.2) is 0 Å². The van der Waals surface area contributed by atoms with Gasteiger partial charge in [-0.15, -0.1) is 24.8 Å². The molecule has 0 bridgehead atoms. The van der Waals surface area contributed by atoms with E-state index in [0.717, 1.165) is 37.2 Å². The van der Waals surface area contributed by atoms with E-state index < -0.39 is 0 Å². The van der Waals surface area contributed by atoms with E-state index in [2.05, 4.69) is 15.6 Å². The Morgan fingerprint density at radius 1 is 1.47 bits per heavy atom. The molecule has 4 nitrogen and oxygen atoms in total. The molecule has 19 heavy (non-hydrogen) atoms. The smallest absolute Gasteiger partial charge is 0.224 e. The van der Waals surface area contributed by atoms with Crippen LogP contribution in [0.4, 0.5) is 0 Å². The number of nitrogens with one attached hydrogen (secondary N) is 2. The van der Waals surface area contributed by atoms with E-state index in [4.69, 9.17) is 0 Å². The van der Waals surface area contributed by atoms with Crippen molar-refractivity contribution >= 4 is 30.7 Å². The van der Waals surface area contributed by atoms with Crippen molar-refractivity contribution in [3.63, 3.8) is 0 Å². The highest BCUT2D eigenvalue weighted by Gasteiger charge is 2.20. The van der Waals surface area contributed by atoms with Gasteiger partial charge in [0.05, 0.1) is 5.92 Å². The molecule has 2 rings (SSSR count). The summed E-state index contributed by atoms with van der Waals surface area (Å²) in [5.41, 5.74) is 2.05. The van der Waals surface area contributed by atoms with E-state index in [9.17, 15) is 4.79 Å². The van der Waals surface area contributed by atoms with Gasteiger partial charge in [-0.3, -0.25) is 9.78 Å². The standard InChI is InChI=1S/C13H19N3O.2ClH/c1-10-4-5-11(7-15-10)8-16-13(17)12-3-2-6-14-9-12;;/h4-5,7,12,14H,2-3,6,8-9H2,1H3,(H,16,17);2*1H/t12-;;/m1../s1. The summed E-state index contributed by atoms with van der Waals surface area (Å²) in [6.07, 6.45) is 3.89. The van der Waals surface area contributed by atoms with Crippen molar-refractivity contribution in [1.29, 1.82) is 0 Å². The molecule has 0 radical (unpaired) electrons. The molecule has 1 atom stereocenters. The molecular formula is C13H21Cl2N3O. The van der Waals surface area contributed by atoms with Crippen LogP contribution < -0.4 is 10.6 Å². The SMILES string of the molecule is Cc1ccc(CNC(=O)[C@@H]2CCCNC2)cn1.Cl.Cl. The monoisotopic (exact) mass is 305 g/mol. The Kier molecular flexibility index (Phi) is 8.72. The molecule has 1 fully saturated rings. The van der Waals surface area contributed by atoms with E-state index >= 15 is 0 Å². The summed E-state index contributed by atoms with van der Waals surface area (Å²) >= 11 is 0. The fourth-order valence-corrected chi connectivity index (χ4v) is 2.01. The Balaban J connectivity index is 0.00000162. The average Bonchev–Trinajstić information content (AvgIpc) is 2.39. The molecule has 1 aliphatic heterocycles. The third-order valence-electron chi connectivity index (χ3n) is 3.11. The molecular weight excluding hydrogens is 285 g/mol. The van der Waals surface area contributed by atoms with E-state index in [0.29, 0.717) is 6.54 Å². The second-order valence-electron chi connectivity index (χ2n) is 4.57. The fourth-order valence-electron chi connectivity index (χ4n) is 2.01. The van der Waals surface area contributed by atoms with Crippen LogP contribution in [0.2, 0.25) is 0 Å². The minimum Gasteiger partial charge on any atom is -0.352 e. The summed E-state index contributed by atoms with van der Waals surface area (Å²) in [6, 6.07) is 3.96. The van der Waals surface area contributed by atoms with Crippen LogP contribution in [0, 0.1) is 12.8 Å². The summed E-state index contributed by atoms with van der Waals surface area (Å²) < 4.78 is 0. The second-order valence-corrected chi connectivity index (χ2v) is 4.57. The van der Waals surface area contributed by atoms with Crippen LogP contribution in [0.3, 0.4) is 0 Å². The Bertz CT molecular complexity index is 378. The van der Waals surface area contributed by atoms with Gasteiger partial charge in [-0.1, -0.05) is 6.07 Å². The van der Waals surface area contributed by atoms with Crippen LogP contribution in [-0.4, -0.2) is 24.0 Å². The molecule has 2 heterocycles. The van der Waals surface area contributed by atoms with Gasteiger partial charge < -0.3 is 10.6 Å². The van der Waals surface area contributed by atoms with Gasteiger partial charge >= 0.3 is 0 Å². The Morgan fingerprint density at radius 2 is 2.26 bits per heavy atom. The second kappa shape index (κ2) is 9.13. The maximum atomic E-state index is 11.9. The zero-order valence-electron chi connectivity index (χ0n) is 11.0. The predicted molar refractivity (Wildman–Crippen MR) is 80.9 cm³/mol. The number of carbonyl (C=O) groups is 1. The first kappa shape index (κ1) is 18.2. The van der Waals surface area contributed by atoms with Gasteiger partial charge in [0.25, 0.3) is 0 Å². The van der Waals surface area contributed by atoms with Crippen molar-refractivity contribution in [1.82, 2.24) is 15.6 Å². The van der Waals surface area contributed by atoms with E-state index in [1.165, 1.54) is 0 Å². The Labute approximate surface area is 126 Å². The molecule has 1 aromatic rings. The number of amides is 1. The largest absolute Gasteiger partial charge is 0.352 e. The highest BCUT2D eigenvalue weighted by Crippen LogP contribution is 2.10. The van der Waals surface area contributed by atoms with Gasteiger partial charge in [0, 0.05) is 25.0 Å². The first-order chi connectivity index (χ1) is 8.25. The molecule has 6 heteroatoms. The zero-order valence-corrected chi connectivity index (χ0v) is 12.6. The number of nitrogens with zero attached hydrogens (tertiary/aromatic N) is 1. The van der Waals surface area contributed by atoms with Gasteiger partial charge in [0.1, 0.15) is 0 Å². The minimum absolute atomic E-state index is 0. The number of hydrogen-bond acceptors (Lipinski definition) is 3.